The van der Waals surface area contributed by atoms with E-state index in [1.54, 1.807) is 30.4 Å². The Kier molecular flexibility index (Phi) is 6.23. The van der Waals surface area contributed by atoms with Crippen LogP contribution >= 0.6 is 0 Å². The molecule has 0 heterocycles. The van der Waals surface area contributed by atoms with Crippen molar-refractivity contribution < 1.29 is 14.3 Å². The van der Waals surface area contributed by atoms with Crippen LogP contribution in [-0.2, 0) is 14.3 Å². The molecule has 0 saturated heterocycles. The summed E-state index contributed by atoms with van der Waals surface area (Å²) < 4.78 is 4.98. The predicted molar refractivity (Wildman–Crippen MR) is 79.3 cm³/mol. The van der Waals surface area contributed by atoms with Gasteiger partial charge in [0.1, 0.15) is 0 Å². The second-order valence-electron chi connectivity index (χ2n) is 4.32. The van der Waals surface area contributed by atoms with Crippen molar-refractivity contribution in [2.45, 2.75) is 26.9 Å². The molecule has 1 rings (SSSR count). The van der Waals surface area contributed by atoms with E-state index in [0.717, 1.165) is 5.56 Å². The molecule has 0 saturated carbocycles. The first kappa shape index (κ1) is 15.7. The number of rotatable bonds is 5. The van der Waals surface area contributed by atoms with Crippen molar-refractivity contribution >= 4 is 17.6 Å². The Balaban J connectivity index is 2.50. The van der Waals surface area contributed by atoms with Crippen molar-refractivity contribution in [1.29, 1.82) is 0 Å². The normalized spacial score (nSPS) is 12.6. The molecule has 4 heteroatoms. The third-order valence-electron chi connectivity index (χ3n) is 2.52. The number of esters is 1. The van der Waals surface area contributed by atoms with E-state index in [4.69, 9.17) is 4.74 Å². The van der Waals surface area contributed by atoms with Crippen molar-refractivity contribution in [2.24, 2.45) is 0 Å². The van der Waals surface area contributed by atoms with Crippen LogP contribution < -0.4 is 5.32 Å². The molecule has 1 atom stereocenters. The number of carbonyl (C=O) groups excluding carboxylic acids is 2. The summed E-state index contributed by atoms with van der Waals surface area (Å²) in [5, 5.41) is 2.69. The Morgan fingerprint density at radius 3 is 2.45 bits per heavy atom. The lowest BCUT2D eigenvalue weighted by Crippen LogP contribution is -2.29. The second kappa shape index (κ2) is 7.94. The first-order valence-electron chi connectivity index (χ1n) is 6.40. The van der Waals surface area contributed by atoms with Gasteiger partial charge in [-0.15, -0.1) is 0 Å². The highest BCUT2D eigenvalue weighted by Crippen LogP contribution is 2.09. The maximum absolute atomic E-state index is 11.8. The van der Waals surface area contributed by atoms with Crippen LogP contribution in [0.5, 0.6) is 0 Å². The maximum atomic E-state index is 11.8. The third kappa shape index (κ3) is 5.52. The van der Waals surface area contributed by atoms with E-state index in [9.17, 15) is 9.59 Å². The molecule has 1 aromatic rings. The van der Waals surface area contributed by atoms with Gasteiger partial charge in [0.05, 0.1) is 0 Å². The highest BCUT2D eigenvalue weighted by Gasteiger charge is 2.16. The molecule has 20 heavy (non-hydrogen) atoms. The maximum Gasteiger partial charge on any atom is 0.331 e. The van der Waals surface area contributed by atoms with Crippen LogP contribution in [-0.4, -0.2) is 18.0 Å². The molecule has 1 N–H and O–H groups in total. The molecule has 0 radical (unpaired) electrons. The van der Waals surface area contributed by atoms with Gasteiger partial charge in [-0.05, 0) is 32.9 Å². The smallest absolute Gasteiger partial charge is 0.331 e. The lowest BCUT2D eigenvalue weighted by molar-refractivity contribution is -0.148. The topological polar surface area (TPSA) is 55.4 Å². The zero-order chi connectivity index (χ0) is 15.0. The third-order valence-corrected chi connectivity index (χ3v) is 2.52. The number of hydrogen-bond acceptors (Lipinski definition) is 3. The van der Waals surface area contributed by atoms with Gasteiger partial charge in [-0.2, -0.15) is 0 Å². The van der Waals surface area contributed by atoms with Gasteiger partial charge in [-0.3, -0.25) is 4.79 Å². The van der Waals surface area contributed by atoms with E-state index < -0.39 is 12.1 Å². The SMILES string of the molecule is CC=CC=CC(=O)OC(C)C(=O)Nc1ccc(C)cc1. The molecule has 0 aliphatic rings. The highest BCUT2D eigenvalue weighted by molar-refractivity contribution is 5.95. The molecule has 0 aliphatic heterocycles. The standard InChI is InChI=1S/C16H19NO3/c1-4-5-6-7-15(18)20-13(3)16(19)17-14-10-8-12(2)9-11-14/h4-11,13H,1-3H3,(H,17,19). The number of anilines is 1. The lowest BCUT2D eigenvalue weighted by Gasteiger charge is -2.12. The number of carbonyl (C=O) groups is 2. The molecule has 0 aliphatic carbocycles. The number of benzene rings is 1. The Hall–Kier alpha value is -2.36. The molecule has 0 aromatic heterocycles. The van der Waals surface area contributed by atoms with Gasteiger partial charge in [-0.25, -0.2) is 4.79 Å². The van der Waals surface area contributed by atoms with Crippen molar-refractivity contribution in [3.63, 3.8) is 0 Å². The Morgan fingerprint density at radius 2 is 1.85 bits per heavy atom. The molecule has 106 valence electrons. The van der Waals surface area contributed by atoms with E-state index >= 15 is 0 Å². The largest absolute Gasteiger partial charge is 0.449 e. The summed E-state index contributed by atoms with van der Waals surface area (Å²) in [4.78, 5) is 23.2. The van der Waals surface area contributed by atoms with Crippen LogP contribution in [0.4, 0.5) is 5.69 Å². The number of allylic oxidation sites excluding steroid dienone is 3. The summed E-state index contributed by atoms with van der Waals surface area (Å²) >= 11 is 0. The van der Waals surface area contributed by atoms with Crippen LogP contribution in [0.25, 0.3) is 0 Å². The fourth-order valence-electron chi connectivity index (χ4n) is 1.39. The second-order valence-corrected chi connectivity index (χ2v) is 4.32. The quantitative estimate of drug-likeness (QED) is 0.510. The van der Waals surface area contributed by atoms with Crippen LogP contribution in [0.1, 0.15) is 19.4 Å². The predicted octanol–water partition coefficient (Wildman–Crippen LogP) is 3.00. The minimum atomic E-state index is -0.848. The van der Waals surface area contributed by atoms with Gasteiger partial charge in [0.25, 0.3) is 5.91 Å². The molecule has 1 aromatic carbocycles. The summed E-state index contributed by atoms with van der Waals surface area (Å²) in [5.74, 6) is -0.906. The van der Waals surface area contributed by atoms with E-state index in [0.29, 0.717) is 5.69 Å². The van der Waals surface area contributed by atoms with Crippen LogP contribution in [0.15, 0.2) is 48.6 Å². The van der Waals surface area contributed by atoms with Crippen molar-refractivity contribution in [1.82, 2.24) is 0 Å². The van der Waals surface area contributed by atoms with Crippen molar-refractivity contribution in [3.8, 4) is 0 Å². The van der Waals surface area contributed by atoms with Crippen LogP contribution in [0.3, 0.4) is 0 Å². The van der Waals surface area contributed by atoms with Gasteiger partial charge < -0.3 is 10.1 Å². The van der Waals surface area contributed by atoms with E-state index in [1.165, 1.54) is 13.0 Å². The molecule has 4 nitrogen and oxygen atoms in total. The lowest BCUT2D eigenvalue weighted by atomic mass is 10.2. The average Bonchev–Trinajstić information content (AvgIpc) is 2.41. The molecular formula is C16H19NO3. The Bertz CT molecular complexity index is 515. The molecule has 1 unspecified atom stereocenters. The van der Waals surface area contributed by atoms with Crippen molar-refractivity contribution in [3.05, 3.63) is 54.1 Å². The van der Waals surface area contributed by atoms with Gasteiger partial charge in [0.2, 0.25) is 0 Å². The van der Waals surface area contributed by atoms with Crippen LogP contribution in [0.2, 0.25) is 0 Å². The molecular weight excluding hydrogens is 254 g/mol. The first-order chi connectivity index (χ1) is 9.52. The minimum Gasteiger partial charge on any atom is -0.449 e. The van der Waals surface area contributed by atoms with Crippen molar-refractivity contribution in [2.75, 3.05) is 5.32 Å². The zero-order valence-corrected chi connectivity index (χ0v) is 11.9. The molecule has 0 bridgehead atoms. The molecule has 1 amide bonds. The summed E-state index contributed by atoms with van der Waals surface area (Å²) in [6, 6.07) is 7.39. The number of ether oxygens (including phenoxy) is 1. The molecule has 0 spiro atoms. The fraction of sp³-hybridized carbons (Fsp3) is 0.250. The van der Waals surface area contributed by atoms with Gasteiger partial charge in [-0.1, -0.05) is 35.9 Å². The Labute approximate surface area is 119 Å². The highest BCUT2D eigenvalue weighted by atomic mass is 16.5. The Morgan fingerprint density at radius 1 is 1.20 bits per heavy atom. The summed E-state index contributed by atoms with van der Waals surface area (Å²) in [6.07, 6.45) is 5.48. The summed E-state index contributed by atoms with van der Waals surface area (Å²) in [5.41, 5.74) is 1.78. The first-order valence-corrected chi connectivity index (χ1v) is 6.40. The van der Waals surface area contributed by atoms with E-state index in [-0.39, 0.29) is 5.91 Å². The van der Waals surface area contributed by atoms with E-state index in [1.807, 2.05) is 26.0 Å². The van der Waals surface area contributed by atoms with E-state index in [2.05, 4.69) is 5.32 Å². The van der Waals surface area contributed by atoms with Gasteiger partial charge in [0.15, 0.2) is 6.10 Å². The minimum absolute atomic E-state index is 0.360. The number of amides is 1. The fourth-order valence-corrected chi connectivity index (χ4v) is 1.39. The number of hydrogen-bond donors (Lipinski definition) is 1. The average molecular weight is 273 g/mol. The zero-order valence-electron chi connectivity index (χ0n) is 11.9. The molecule has 0 fully saturated rings. The summed E-state index contributed by atoms with van der Waals surface area (Å²) in [7, 11) is 0. The number of nitrogens with one attached hydrogen (secondary N) is 1. The monoisotopic (exact) mass is 273 g/mol. The van der Waals surface area contributed by atoms with Crippen LogP contribution in [0, 0.1) is 6.92 Å². The van der Waals surface area contributed by atoms with Gasteiger partial charge in [0, 0.05) is 11.8 Å². The number of aryl methyl sites for hydroxylation is 1. The van der Waals surface area contributed by atoms with Gasteiger partial charge >= 0.3 is 5.97 Å². The summed E-state index contributed by atoms with van der Waals surface area (Å²) in [6.45, 7) is 5.34.